The van der Waals surface area contributed by atoms with Crippen molar-refractivity contribution in [3.8, 4) is 0 Å². The molecule has 0 aliphatic carbocycles. The fourth-order valence-corrected chi connectivity index (χ4v) is 3.03. The lowest BCUT2D eigenvalue weighted by atomic mass is 10.1. The molecule has 1 aromatic carbocycles. The molecule has 2 N–H and O–H groups in total. The van der Waals surface area contributed by atoms with Crippen LogP contribution in [0.4, 0.5) is 0 Å². The van der Waals surface area contributed by atoms with Gasteiger partial charge in [-0.25, -0.2) is 0 Å². The Bertz CT molecular complexity index is 673. The summed E-state index contributed by atoms with van der Waals surface area (Å²) in [4.78, 5) is 0. The second kappa shape index (κ2) is 7.04. The van der Waals surface area contributed by atoms with Crippen molar-refractivity contribution in [1.29, 1.82) is 0 Å². The molecule has 1 heterocycles. The summed E-state index contributed by atoms with van der Waals surface area (Å²) in [5, 5.41) is 18.8. The molecule has 0 bridgehead atoms. The zero-order chi connectivity index (χ0) is 17.2. The van der Waals surface area contributed by atoms with Crippen molar-refractivity contribution < 1.29 is 5.11 Å². The lowest BCUT2D eigenvalue weighted by Crippen LogP contribution is -2.25. The van der Waals surface area contributed by atoms with E-state index in [4.69, 9.17) is 11.6 Å². The molecule has 0 saturated carbocycles. The number of nitrogens with one attached hydrogen (secondary N) is 1. The van der Waals surface area contributed by atoms with Crippen LogP contribution in [-0.4, -0.2) is 21.4 Å². The van der Waals surface area contributed by atoms with E-state index in [1.54, 1.807) is 6.07 Å². The summed E-state index contributed by atoms with van der Waals surface area (Å²) < 4.78 is 2.06. The van der Waals surface area contributed by atoms with Crippen molar-refractivity contribution in [3.05, 3.63) is 51.8 Å². The van der Waals surface area contributed by atoms with Gasteiger partial charge in [0.1, 0.15) is 0 Å². The number of benzene rings is 1. The Morgan fingerprint density at radius 1 is 1.26 bits per heavy atom. The van der Waals surface area contributed by atoms with E-state index in [0.717, 1.165) is 17.0 Å². The Balaban J connectivity index is 2.02. The zero-order valence-corrected chi connectivity index (χ0v) is 15.3. The summed E-state index contributed by atoms with van der Waals surface area (Å²) in [6.45, 7) is 11.7. The molecule has 1 aromatic heterocycles. The normalized spacial score (nSPS) is 13.3. The summed E-state index contributed by atoms with van der Waals surface area (Å²) in [6.07, 6.45) is -0.623. The maximum absolute atomic E-state index is 10.3. The molecule has 5 heteroatoms. The molecule has 0 radical (unpaired) electrons. The highest BCUT2D eigenvalue weighted by atomic mass is 35.5. The van der Waals surface area contributed by atoms with Crippen molar-refractivity contribution in [1.82, 2.24) is 15.1 Å². The quantitative estimate of drug-likeness (QED) is 0.875. The van der Waals surface area contributed by atoms with Gasteiger partial charge < -0.3 is 10.4 Å². The fraction of sp³-hybridized carbons (Fsp3) is 0.500. The van der Waals surface area contributed by atoms with Gasteiger partial charge in [0, 0.05) is 34.9 Å². The third kappa shape index (κ3) is 4.14. The fourth-order valence-electron chi connectivity index (χ4n) is 2.77. The van der Waals surface area contributed by atoms with Crippen LogP contribution < -0.4 is 5.32 Å². The van der Waals surface area contributed by atoms with Crippen LogP contribution >= 0.6 is 11.6 Å². The van der Waals surface area contributed by atoms with Crippen LogP contribution in [0.1, 0.15) is 49.4 Å². The first-order chi connectivity index (χ1) is 10.7. The monoisotopic (exact) mass is 335 g/mol. The van der Waals surface area contributed by atoms with E-state index >= 15 is 0 Å². The summed E-state index contributed by atoms with van der Waals surface area (Å²) in [5.74, 6) is 0. The molecule has 0 spiro atoms. The van der Waals surface area contributed by atoms with Crippen molar-refractivity contribution in [2.45, 2.75) is 52.8 Å². The molecule has 0 saturated heterocycles. The first-order valence-electron chi connectivity index (χ1n) is 7.90. The molecule has 23 heavy (non-hydrogen) atoms. The molecule has 1 atom stereocenters. The number of nitrogens with zero attached hydrogens (tertiary/aromatic N) is 2. The molecule has 0 aliphatic heterocycles. The van der Waals surface area contributed by atoms with Crippen LogP contribution in [0.5, 0.6) is 0 Å². The SMILES string of the molecule is Cc1nn(C(C)(C)C)c(C)c1CNCC(O)c1ccccc1Cl. The number of hydrogen-bond donors (Lipinski definition) is 2. The molecule has 126 valence electrons. The van der Waals surface area contributed by atoms with Gasteiger partial charge in [0.2, 0.25) is 0 Å². The highest BCUT2D eigenvalue weighted by molar-refractivity contribution is 6.31. The van der Waals surface area contributed by atoms with Gasteiger partial charge in [0.25, 0.3) is 0 Å². The van der Waals surface area contributed by atoms with E-state index in [0.29, 0.717) is 18.1 Å². The molecule has 2 rings (SSSR count). The van der Waals surface area contributed by atoms with Crippen LogP contribution in [0, 0.1) is 13.8 Å². The number of aryl methyl sites for hydroxylation is 1. The second-order valence-electron chi connectivity index (χ2n) is 6.90. The molecular weight excluding hydrogens is 310 g/mol. The largest absolute Gasteiger partial charge is 0.387 e. The Labute approximate surface area is 143 Å². The molecule has 1 unspecified atom stereocenters. The van der Waals surface area contributed by atoms with E-state index in [1.165, 1.54) is 5.56 Å². The van der Waals surface area contributed by atoms with Crippen molar-refractivity contribution in [2.75, 3.05) is 6.54 Å². The van der Waals surface area contributed by atoms with Gasteiger partial charge in [0.15, 0.2) is 0 Å². The van der Waals surface area contributed by atoms with Gasteiger partial charge in [-0.05, 0) is 40.7 Å². The highest BCUT2D eigenvalue weighted by Gasteiger charge is 2.20. The summed E-state index contributed by atoms with van der Waals surface area (Å²) in [5.41, 5.74) is 4.09. The van der Waals surface area contributed by atoms with E-state index in [1.807, 2.05) is 25.1 Å². The van der Waals surface area contributed by atoms with Gasteiger partial charge in [-0.2, -0.15) is 5.10 Å². The maximum atomic E-state index is 10.3. The van der Waals surface area contributed by atoms with Crippen molar-refractivity contribution in [2.24, 2.45) is 0 Å². The van der Waals surface area contributed by atoms with E-state index in [-0.39, 0.29) is 5.54 Å². The predicted molar refractivity (Wildman–Crippen MR) is 94.8 cm³/mol. The van der Waals surface area contributed by atoms with Gasteiger partial charge in [-0.15, -0.1) is 0 Å². The number of aliphatic hydroxyl groups excluding tert-OH is 1. The van der Waals surface area contributed by atoms with Gasteiger partial charge >= 0.3 is 0 Å². The minimum Gasteiger partial charge on any atom is -0.387 e. The minimum atomic E-state index is -0.623. The molecule has 0 amide bonds. The molecular formula is C18H26ClN3O. The molecule has 4 nitrogen and oxygen atoms in total. The van der Waals surface area contributed by atoms with E-state index in [9.17, 15) is 5.11 Å². The Hall–Kier alpha value is -1.36. The van der Waals surface area contributed by atoms with Crippen molar-refractivity contribution >= 4 is 11.6 Å². The number of halogens is 1. The van der Waals surface area contributed by atoms with E-state index < -0.39 is 6.10 Å². The lowest BCUT2D eigenvalue weighted by molar-refractivity contribution is 0.174. The van der Waals surface area contributed by atoms with Crippen LogP contribution in [0.15, 0.2) is 24.3 Å². The number of hydrogen-bond acceptors (Lipinski definition) is 3. The van der Waals surface area contributed by atoms with E-state index in [2.05, 4.69) is 42.8 Å². The standard InChI is InChI=1S/C18H26ClN3O/c1-12-15(13(2)22(21-12)18(3,4)5)10-20-11-17(23)14-8-6-7-9-16(14)19/h6-9,17,20,23H,10-11H2,1-5H3. The summed E-state index contributed by atoms with van der Waals surface area (Å²) >= 11 is 6.12. The first-order valence-corrected chi connectivity index (χ1v) is 8.28. The Morgan fingerprint density at radius 3 is 2.48 bits per heavy atom. The predicted octanol–water partition coefficient (Wildman–Crippen LogP) is 3.73. The summed E-state index contributed by atoms with van der Waals surface area (Å²) in [7, 11) is 0. The topological polar surface area (TPSA) is 50.1 Å². The average molecular weight is 336 g/mol. The Morgan fingerprint density at radius 2 is 1.91 bits per heavy atom. The summed E-state index contributed by atoms with van der Waals surface area (Å²) in [6, 6.07) is 7.39. The number of aliphatic hydroxyl groups is 1. The zero-order valence-electron chi connectivity index (χ0n) is 14.5. The molecule has 0 aliphatic rings. The van der Waals surface area contributed by atoms with Gasteiger partial charge in [-0.3, -0.25) is 4.68 Å². The third-order valence-corrected chi connectivity index (χ3v) is 4.32. The molecule has 2 aromatic rings. The van der Waals surface area contributed by atoms with Crippen LogP contribution in [0.3, 0.4) is 0 Å². The number of rotatable bonds is 5. The highest BCUT2D eigenvalue weighted by Crippen LogP contribution is 2.23. The maximum Gasteiger partial charge on any atom is 0.0928 e. The first kappa shape index (κ1) is 18.0. The average Bonchev–Trinajstić information content (AvgIpc) is 2.75. The third-order valence-electron chi connectivity index (χ3n) is 3.98. The van der Waals surface area contributed by atoms with Crippen LogP contribution in [0.25, 0.3) is 0 Å². The van der Waals surface area contributed by atoms with Gasteiger partial charge in [0.05, 0.1) is 17.3 Å². The van der Waals surface area contributed by atoms with Gasteiger partial charge in [-0.1, -0.05) is 29.8 Å². The van der Waals surface area contributed by atoms with Crippen molar-refractivity contribution in [3.63, 3.8) is 0 Å². The molecule has 0 fully saturated rings. The van der Waals surface area contributed by atoms with Crippen LogP contribution in [-0.2, 0) is 12.1 Å². The number of aromatic nitrogens is 2. The minimum absolute atomic E-state index is 0.0375. The van der Waals surface area contributed by atoms with Crippen LogP contribution in [0.2, 0.25) is 5.02 Å². The Kier molecular flexibility index (Phi) is 5.50. The lowest BCUT2D eigenvalue weighted by Gasteiger charge is -2.21. The smallest absolute Gasteiger partial charge is 0.0928 e. The second-order valence-corrected chi connectivity index (χ2v) is 7.31.